The number of amides is 3. The summed E-state index contributed by atoms with van der Waals surface area (Å²) < 4.78 is 23.1. The van der Waals surface area contributed by atoms with Crippen molar-refractivity contribution < 1.29 is 28.6 Å². The van der Waals surface area contributed by atoms with Crippen LogP contribution in [0, 0.1) is 5.82 Å². The number of nitrogens with one attached hydrogen (secondary N) is 1. The van der Waals surface area contributed by atoms with Crippen LogP contribution in [-0.2, 0) is 16.1 Å². The van der Waals surface area contributed by atoms with Gasteiger partial charge in [0.1, 0.15) is 22.5 Å². The lowest BCUT2D eigenvalue weighted by Crippen LogP contribution is -2.45. The number of aromatic nitrogens is 1. The van der Waals surface area contributed by atoms with Crippen molar-refractivity contribution in [3.05, 3.63) is 76.0 Å². The zero-order chi connectivity index (χ0) is 26.5. The average Bonchev–Trinajstić information content (AvgIpc) is 3.54. The van der Waals surface area contributed by atoms with Crippen LogP contribution in [0.15, 0.2) is 48.5 Å². The van der Waals surface area contributed by atoms with E-state index in [9.17, 15) is 23.9 Å². The van der Waals surface area contributed by atoms with Gasteiger partial charge in [0.25, 0.3) is 11.8 Å². The predicted molar refractivity (Wildman–Crippen MR) is 134 cm³/mol. The number of hydrogen-bond acceptors (Lipinski definition) is 8. The number of nitrogen functional groups attached to an aromatic ring is 1. The molecule has 1 aromatic heterocycles. The summed E-state index contributed by atoms with van der Waals surface area (Å²) in [5.41, 5.74) is 11.9. The first-order valence-electron chi connectivity index (χ1n) is 11.5. The zero-order valence-corrected chi connectivity index (χ0v) is 20.5. The lowest BCUT2D eigenvalue weighted by atomic mass is 10.0. The highest BCUT2D eigenvalue weighted by molar-refractivity contribution is 7.09. The Hall–Kier alpha value is -4.03. The minimum atomic E-state index is -1.17. The van der Waals surface area contributed by atoms with Crippen LogP contribution in [0.4, 0.5) is 10.1 Å². The third kappa shape index (κ3) is 6.04. The van der Waals surface area contributed by atoms with Gasteiger partial charge in [0, 0.05) is 19.7 Å². The molecule has 0 saturated carbocycles. The van der Waals surface area contributed by atoms with Crippen LogP contribution in [0.1, 0.15) is 50.2 Å². The molecule has 6 N–H and O–H groups in total. The number of nitrogens with two attached hydrogens (primary N) is 2. The molecule has 3 amide bonds. The number of carbonyl (C=O) groups is 3. The molecular weight excluding hydrogens is 501 g/mol. The van der Waals surface area contributed by atoms with Crippen molar-refractivity contribution in [2.45, 2.75) is 31.5 Å². The third-order valence-corrected chi connectivity index (χ3v) is 6.83. The van der Waals surface area contributed by atoms with Gasteiger partial charge in [-0.3, -0.25) is 14.4 Å². The maximum Gasteiger partial charge on any atom is 0.270 e. The normalized spacial score (nSPS) is 15.8. The maximum atomic E-state index is 13.9. The van der Waals surface area contributed by atoms with E-state index in [2.05, 4.69) is 9.69 Å². The number of phenols is 1. The number of ether oxygens (including phenoxy) is 1. The Balaban J connectivity index is 1.75. The van der Waals surface area contributed by atoms with E-state index in [0.29, 0.717) is 29.3 Å². The molecule has 1 aliphatic heterocycles. The molecule has 1 aliphatic rings. The van der Waals surface area contributed by atoms with Crippen LogP contribution in [0.25, 0.3) is 0 Å². The Morgan fingerprint density at radius 1 is 1.19 bits per heavy atom. The van der Waals surface area contributed by atoms with Gasteiger partial charge in [-0.05, 0) is 59.8 Å². The summed E-state index contributed by atoms with van der Waals surface area (Å²) in [6, 6.07) is 10.2. The molecule has 1 saturated heterocycles. The van der Waals surface area contributed by atoms with E-state index in [1.807, 2.05) is 0 Å². The monoisotopic (exact) mass is 527 g/mol. The van der Waals surface area contributed by atoms with Crippen LogP contribution in [0.3, 0.4) is 0 Å². The van der Waals surface area contributed by atoms with Crippen molar-refractivity contribution in [3.63, 3.8) is 0 Å². The summed E-state index contributed by atoms with van der Waals surface area (Å²) in [6.07, 6.45) is 1.56. The Morgan fingerprint density at radius 3 is 2.49 bits per heavy atom. The lowest BCUT2D eigenvalue weighted by molar-refractivity contribution is -0.126. The molecule has 0 radical (unpaired) electrons. The van der Waals surface area contributed by atoms with E-state index >= 15 is 0 Å². The number of hydrogen-bond donors (Lipinski definition) is 4. The summed E-state index contributed by atoms with van der Waals surface area (Å²) in [6.45, 7) is 0.770. The molecule has 37 heavy (non-hydrogen) atoms. The van der Waals surface area contributed by atoms with Crippen LogP contribution in [-0.4, -0.2) is 51.4 Å². The van der Waals surface area contributed by atoms with Gasteiger partial charge in [-0.2, -0.15) is 4.37 Å². The van der Waals surface area contributed by atoms with E-state index in [1.165, 1.54) is 53.4 Å². The standard InChI is InChI=1S/C25H26FN5O5S/c26-16-7-3-14(4-8-16)13-31(25(35)22-19(27)20(23(28)33)30-37-22)21(15-5-9-17(32)10-6-15)24(34)29-12-18-2-1-11-36-18/h3-10,18,21,32H,1-2,11-13,27H2,(H2,28,33)(H,29,34). The molecule has 10 nitrogen and oxygen atoms in total. The topological polar surface area (TPSA) is 161 Å². The number of benzene rings is 2. The Kier molecular flexibility index (Phi) is 7.99. The summed E-state index contributed by atoms with van der Waals surface area (Å²) in [7, 11) is 0. The van der Waals surface area contributed by atoms with Crippen LogP contribution in [0.2, 0.25) is 0 Å². The van der Waals surface area contributed by atoms with Gasteiger partial charge in [0.15, 0.2) is 5.69 Å². The summed E-state index contributed by atoms with van der Waals surface area (Å²) in [5.74, 6) is -2.52. The van der Waals surface area contributed by atoms with Crippen molar-refractivity contribution in [1.29, 1.82) is 0 Å². The minimum absolute atomic E-state index is 0.0172. The second-order valence-electron chi connectivity index (χ2n) is 8.57. The molecule has 2 unspecified atom stereocenters. The maximum absolute atomic E-state index is 13.9. The SMILES string of the molecule is NC(=O)c1nsc(C(=O)N(Cc2ccc(F)cc2)C(C(=O)NCC2CCCO2)c2ccc(O)cc2)c1N. The molecule has 194 valence electrons. The van der Waals surface area contributed by atoms with Crippen molar-refractivity contribution in [2.75, 3.05) is 18.9 Å². The molecule has 2 heterocycles. The van der Waals surface area contributed by atoms with E-state index in [0.717, 1.165) is 12.8 Å². The zero-order valence-electron chi connectivity index (χ0n) is 19.7. The van der Waals surface area contributed by atoms with Gasteiger partial charge >= 0.3 is 0 Å². The molecule has 2 atom stereocenters. The molecule has 2 aromatic carbocycles. The molecule has 12 heteroatoms. The highest BCUT2D eigenvalue weighted by atomic mass is 32.1. The number of carbonyl (C=O) groups excluding carboxylic acids is 3. The van der Waals surface area contributed by atoms with Gasteiger partial charge < -0.3 is 31.5 Å². The quantitative estimate of drug-likeness (QED) is 0.332. The van der Waals surface area contributed by atoms with Crippen molar-refractivity contribution in [3.8, 4) is 5.75 Å². The second-order valence-corrected chi connectivity index (χ2v) is 9.35. The first kappa shape index (κ1) is 26.0. The van der Waals surface area contributed by atoms with Gasteiger partial charge in [-0.15, -0.1) is 0 Å². The smallest absolute Gasteiger partial charge is 0.270 e. The second kappa shape index (κ2) is 11.4. The number of primary amides is 1. The number of phenolic OH excluding ortho intramolecular Hbond substituents is 1. The molecule has 0 spiro atoms. The summed E-state index contributed by atoms with van der Waals surface area (Å²) >= 11 is 0.696. The molecule has 1 fully saturated rings. The molecule has 0 aliphatic carbocycles. The van der Waals surface area contributed by atoms with Crippen molar-refractivity contribution in [1.82, 2.24) is 14.6 Å². The number of aromatic hydroxyl groups is 1. The fourth-order valence-electron chi connectivity index (χ4n) is 4.07. The number of rotatable bonds is 9. The van der Waals surface area contributed by atoms with Crippen LogP contribution >= 0.6 is 11.5 Å². The van der Waals surface area contributed by atoms with Gasteiger partial charge in [-0.1, -0.05) is 24.3 Å². The third-order valence-electron chi connectivity index (χ3n) is 5.98. The fraction of sp³-hybridized carbons (Fsp3) is 0.280. The minimum Gasteiger partial charge on any atom is -0.508 e. The van der Waals surface area contributed by atoms with Gasteiger partial charge in [-0.25, -0.2) is 4.39 Å². The molecular formula is C25H26FN5O5S. The van der Waals surface area contributed by atoms with E-state index < -0.39 is 29.6 Å². The van der Waals surface area contributed by atoms with Gasteiger partial charge in [0.2, 0.25) is 5.91 Å². The Labute approximate surface area is 216 Å². The van der Waals surface area contributed by atoms with Crippen LogP contribution < -0.4 is 16.8 Å². The highest BCUT2D eigenvalue weighted by Crippen LogP contribution is 2.31. The first-order chi connectivity index (χ1) is 17.7. The van der Waals surface area contributed by atoms with E-state index in [1.54, 1.807) is 0 Å². The molecule has 3 aromatic rings. The molecule has 0 bridgehead atoms. The largest absolute Gasteiger partial charge is 0.508 e. The van der Waals surface area contributed by atoms with Crippen molar-refractivity contribution >= 4 is 34.9 Å². The summed E-state index contributed by atoms with van der Waals surface area (Å²) in [5, 5.41) is 12.7. The van der Waals surface area contributed by atoms with Crippen molar-refractivity contribution in [2.24, 2.45) is 5.73 Å². The van der Waals surface area contributed by atoms with Crippen LogP contribution in [0.5, 0.6) is 5.75 Å². The number of halogens is 1. The first-order valence-corrected chi connectivity index (χ1v) is 12.3. The molecule has 4 rings (SSSR count). The number of anilines is 1. The van der Waals surface area contributed by atoms with E-state index in [-0.39, 0.29) is 41.2 Å². The predicted octanol–water partition coefficient (Wildman–Crippen LogP) is 2.35. The average molecular weight is 528 g/mol. The highest BCUT2D eigenvalue weighted by Gasteiger charge is 2.35. The van der Waals surface area contributed by atoms with E-state index in [4.69, 9.17) is 16.2 Å². The lowest BCUT2D eigenvalue weighted by Gasteiger charge is -2.31. The summed E-state index contributed by atoms with van der Waals surface area (Å²) in [4.78, 5) is 40.3. The fourth-order valence-corrected chi connectivity index (χ4v) is 4.83. The Morgan fingerprint density at radius 2 is 1.89 bits per heavy atom. The van der Waals surface area contributed by atoms with Gasteiger partial charge in [0.05, 0.1) is 11.8 Å². The number of nitrogens with zero attached hydrogens (tertiary/aromatic N) is 2. The Bertz CT molecular complexity index is 1280.